The van der Waals surface area contributed by atoms with Crippen molar-refractivity contribution in [3.8, 4) is 0 Å². The summed E-state index contributed by atoms with van der Waals surface area (Å²) in [4.78, 5) is 0.439. The molecule has 0 aromatic heterocycles. The van der Waals surface area contributed by atoms with Crippen molar-refractivity contribution in [1.29, 1.82) is 0 Å². The van der Waals surface area contributed by atoms with Crippen LogP contribution in [-0.4, -0.2) is 25.8 Å². The zero-order valence-electron chi connectivity index (χ0n) is 15.1. The van der Waals surface area contributed by atoms with Crippen molar-refractivity contribution in [2.45, 2.75) is 31.1 Å². The maximum Gasteiger partial charge on any atom is 0.243 e. The topological polar surface area (TPSA) is 37.4 Å². The third-order valence-corrected chi connectivity index (χ3v) is 7.71. The molecule has 0 unspecified atom stereocenters. The van der Waals surface area contributed by atoms with Crippen molar-refractivity contribution >= 4 is 20.8 Å². The van der Waals surface area contributed by atoms with E-state index in [-0.39, 0.29) is 0 Å². The highest BCUT2D eigenvalue weighted by atomic mass is 32.2. The average molecular weight is 368 g/mol. The summed E-state index contributed by atoms with van der Waals surface area (Å²) in [5.74, 6) is 1.01. The Hall–Kier alpha value is -1.91. The quantitative estimate of drug-likeness (QED) is 0.739. The minimum absolute atomic E-state index is 0.439. The molecular formula is C22H25NO2S. The minimum Gasteiger partial charge on any atom is -0.207 e. The second-order valence-corrected chi connectivity index (χ2v) is 9.24. The lowest BCUT2D eigenvalue weighted by Crippen LogP contribution is -2.39. The van der Waals surface area contributed by atoms with Crippen LogP contribution in [0.3, 0.4) is 0 Å². The number of benzene rings is 2. The van der Waals surface area contributed by atoms with E-state index in [4.69, 9.17) is 0 Å². The van der Waals surface area contributed by atoms with Gasteiger partial charge in [-0.15, -0.1) is 0 Å². The van der Waals surface area contributed by atoms with Crippen LogP contribution in [0.15, 0.2) is 65.6 Å². The fourth-order valence-corrected chi connectivity index (χ4v) is 5.88. The van der Waals surface area contributed by atoms with E-state index in [0.717, 1.165) is 35.6 Å². The van der Waals surface area contributed by atoms with E-state index in [1.165, 1.54) is 0 Å². The van der Waals surface area contributed by atoms with Gasteiger partial charge in [0.2, 0.25) is 10.0 Å². The molecule has 0 radical (unpaired) electrons. The second-order valence-electron chi connectivity index (χ2n) is 7.34. The summed E-state index contributed by atoms with van der Waals surface area (Å²) < 4.78 is 28.3. The summed E-state index contributed by atoms with van der Waals surface area (Å²) in [6, 6.07) is 11.5. The molecule has 2 aromatic carbocycles. The van der Waals surface area contributed by atoms with Crippen LogP contribution in [0.4, 0.5) is 0 Å². The number of sulfonamides is 1. The van der Waals surface area contributed by atoms with Gasteiger partial charge in [0.15, 0.2) is 0 Å². The number of aryl methyl sites for hydroxylation is 1. The van der Waals surface area contributed by atoms with Gasteiger partial charge in [0, 0.05) is 18.5 Å². The smallest absolute Gasteiger partial charge is 0.207 e. The zero-order valence-corrected chi connectivity index (χ0v) is 16.0. The van der Waals surface area contributed by atoms with Gasteiger partial charge in [0.25, 0.3) is 0 Å². The van der Waals surface area contributed by atoms with E-state index in [0.29, 0.717) is 29.8 Å². The SMILES string of the molecule is Cc1ccc(S(=O)(=O)N2CCC(C3C=CCC=C3)CC2)c2ccccc12. The molecular weight excluding hydrogens is 342 g/mol. The monoisotopic (exact) mass is 367 g/mol. The van der Waals surface area contributed by atoms with Gasteiger partial charge in [0.05, 0.1) is 4.90 Å². The van der Waals surface area contributed by atoms with Crippen molar-refractivity contribution in [2.75, 3.05) is 13.1 Å². The Balaban J connectivity index is 1.59. The maximum absolute atomic E-state index is 13.3. The van der Waals surface area contributed by atoms with Crippen LogP contribution in [0.25, 0.3) is 10.8 Å². The van der Waals surface area contributed by atoms with Crippen LogP contribution in [0.2, 0.25) is 0 Å². The fraction of sp³-hybridized carbons (Fsp3) is 0.364. The van der Waals surface area contributed by atoms with E-state index in [1.54, 1.807) is 10.4 Å². The standard InChI is InChI=1S/C22H25NO2S/c1-17-11-12-22(21-10-6-5-9-20(17)21)26(24,25)23-15-13-19(14-16-23)18-7-3-2-4-8-18/h3-12,18-19H,2,13-16H2,1H3. The Morgan fingerprint density at radius 1 is 0.923 bits per heavy atom. The third kappa shape index (κ3) is 3.12. The van der Waals surface area contributed by atoms with E-state index in [1.807, 2.05) is 37.3 Å². The van der Waals surface area contributed by atoms with Gasteiger partial charge in [-0.3, -0.25) is 0 Å². The molecule has 26 heavy (non-hydrogen) atoms. The number of allylic oxidation sites excluding steroid dienone is 4. The lowest BCUT2D eigenvalue weighted by Gasteiger charge is -2.34. The van der Waals surface area contributed by atoms with Crippen LogP contribution in [-0.2, 0) is 10.0 Å². The van der Waals surface area contributed by atoms with Gasteiger partial charge in [-0.2, -0.15) is 4.31 Å². The molecule has 2 aliphatic rings. The molecule has 0 amide bonds. The molecule has 1 saturated heterocycles. The van der Waals surface area contributed by atoms with Crippen molar-refractivity contribution in [3.05, 3.63) is 66.3 Å². The summed E-state index contributed by atoms with van der Waals surface area (Å²) in [6.07, 6.45) is 11.8. The molecule has 0 spiro atoms. The first-order valence-corrected chi connectivity index (χ1v) is 10.8. The Morgan fingerprint density at radius 2 is 1.58 bits per heavy atom. The van der Waals surface area contributed by atoms with Gasteiger partial charge < -0.3 is 0 Å². The molecule has 136 valence electrons. The van der Waals surface area contributed by atoms with Gasteiger partial charge in [-0.1, -0.05) is 54.6 Å². The molecule has 1 heterocycles. The van der Waals surface area contributed by atoms with Gasteiger partial charge in [-0.25, -0.2) is 8.42 Å². The summed E-state index contributed by atoms with van der Waals surface area (Å²) >= 11 is 0. The molecule has 1 fully saturated rings. The number of fused-ring (bicyclic) bond motifs is 1. The lowest BCUT2D eigenvalue weighted by atomic mass is 9.83. The first-order chi connectivity index (χ1) is 12.6. The van der Waals surface area contributed by atoms with Crippen molar-refractivity contribution in [1.82, 2.24) is 4.31 Å². The van der Waals surface area contributed by atoms with Crippen molar-refractivity contribution in [2.24, 2.45) is 11.8 Å². The zero-order chi connectivity index (χ0) is 18.1. The van der Waals surface area contributed by atoms with Crippen LogP contribution in [0, 0.1) is 18.8 Å². The number of rotatable bonds is 3. The van der Waals surface area contributed by atoms with Gasteiger partial charge in [-0.05, 0) is 55.0 Å². The van der Waals surface area contributed by atoms with Crippen LogP contribution < -0.4 is 0 Å². The molecule has 4 heteroatoms. The number of piperidine rings is 1. The average Bonchev–Trinajstić information content (AvgIpc) is 2.69. The van der Waals surface area contributed by atoms with E-state index in [2.05, 4.69) is 24.3 Å². The Morgan fingerprint density at radius 3 is 2.27 bits per heavy atom. The number of nitrogens with zero attached hydrogens (tertiary/aromatic N) is 1. The molecule has 0 saturated carbocycles. The van der Waals surface area contributed by atoms with Crippen molar-refractivity contribution < 1.29 is 8.42 Å². The van der Waals surface area contributed by atoms with E-state index in [9.17, 15) is 8.42 Å². The predicted octanol–water partition coefficient (Wildman–Crippen LogP) is 4.68. The van der Waals surface area contributed by atoms with E-state index >= 15 is 0 Å². The normalized spacial score (nSPS) is 20.0. The molecule has 2 aromatic rings. The molecule has 1 aliphatic carbocycles. The first-order valence-electron chi connectivity index (χ1n) is 9.39. The molecule has 0 atom stereocenters. The Bertz CT molecular complexity index is 955. The molecule has 4 rings (SSSR count). The van der Waals surface area contributed by atoms with Crippen LogP contribution >= 0.6 is 0 Å². The summed E-state index contributed by atoms with van der Waals surface area (Å²) in [6.45, 7) is 3.23. The summed E-state index contributed by atoms with van der Waals surface area (Å²) in [5.41, 5.74) is 1.11. The largest absolute Gasteiger partial charge is 0.243 e. The molecule has 3 nitrogen and oxygen atoms in total. The van der Waals surface area contributed by atoms with Crippen LogP contribution in [0.5, 0.6) is 0 Å². The first kappa shape index (κ1) is 17.5. The van der Waals surface area contributed by atoms with E-state index < -0.39 is 10.0 Å². The predicted molar refractivity (Wildman–Crippen MR) is 107 cm³/mol. The van der Waals surface area contributed by atoms with Gasteiger partial charge in [0.1, 0.15) is 0 Å². The fourth-order valence-electron chi connectivity index (χ4n) is 4.22. The number of hydrogen-bond acceptors (Lipinski definition) is 2. The lowest BCUT2D eigenvalue weighted by molar-refractivity contribution is 0.250. The maximum atomic E-state index is 13.3. The van der Waals surface area contributed by atoms with Crippen molar-refractivity contribution in [3.63, 3.8) is 0 Å². The van der Waals surface area contributed by atoms with Gasteiger partial charge >= 0.3 is 0 Å². The molecule has 0 bridgehead atoms. The highest BCUT2D eigenvalue weighted by Gasteiger charge is 2.32. The number of hydrogen-bond donors (Lipinski definition) is 0. The second kappa shape index (κ2) is 7.01. The Labute approximate surface area is 156 Å². The third-order valence-electron chi connectivity index (χ3n) is 5.75. The molecule has 0 N–H and O–H groups in total. The molecule has 1 aliphatic heterocycles. The minimum atomic E-state index is -3.46. The highest BCUT2D eigenvalue weighted by Crippen LogP contribution is 2.33. The van der Waals surface area contributed by atoms with Crippen LogP contribution in [0.1, 0.15) is 24.8 Å². The highest BCUT2D eigenvalue weighted by molar-refractivity contribution is 7.89. The summed E-state index contributed by atoms with van der Waals surface area (Å²) in [5, 5.41) is 1.84. The summed E-state index contributed by atoms with van der Waals surface area (Å²) in [7, 11) is -3.46. The Kier molecular flexibility index (Phi) is 4.72.